The summed E-state index contributed by atoms with van der Waals surface area (Å²) in [5, 5.41) is 12.5. The highest BCUT2D eigenvalue weighted by Crippen LogP contribution is 2.27. The van der Waals surface area contributed by atoms with Gasteiger partial charge >= 0.3 is 5.97 Å². The zero-order valence-corrected chi connectivity index (χ0v) is 14.8. The van der Waals surface area contributed by atoms with Crippen LogP contribution in [0, 0.1) is 11.6 Å². The fraction of sp³-hybridized carbons (Fsp3) is 0.200. The van der Waals surface area contributed by atoms with Gasteiger partial charge in [0.2, 0.25) is 5.43 Å². The number of carboxylic acid groups (broad SMARTS) is 1. The van der Waals surface area contributed by atoms with Gasteiger partial charge in [0.1, 0.15) is 17.2 Å². The fourth-order valence-electron chi connectivity index (χ4n) is 3.47. The van der Waals surface area contributed by atoms with Crippen LogP contribution in [0.1, 0.15) is 10.4 Å². The van der Waals surface area contributed by atoms with Crippen molar-refractivity contribution in [3.63, 3.8) is 0 Å². The molecule has 2 heterocycles. The van der Waals surface area contributed by atoms with Gasteiger partial charge in [0, 0.05) is 43.4 Å². The van der Waals surface area contributed by atoms with Gasteiger partial charge in [-0.3, -0.25) is 4.79 Å². The second-order valence-corrected chi connectivity index (χ2v) is 6.58. The third kappa shape index (κ3) is 3.11. The van der Waals surface area contributed by atoms with E-state index in [1.54, 1.807) is 6.07 Å². The lowest BCUT2D eigenvalue weighted by Gasteiger charge is -2.30. The molecule has 3 aromatic rings. The molecule has 0 amide bonds. The lowest BCUT2D eigenvalue weighted by molar-refractivity contribution is 0.0695. The summed E-state index contributed by atoms with van der Waals surface area (Å²) in [6, 6.07) is 8.15. The van der Waals surface area contributed by atoms with Crippen LogP contribution in [0.3, 0.4) is 0 Å². The minimum absolute atomic E-state index is 0.0689. The van der Waals surface area contributed by atoms with Crippen LogP contribution >= 0.6 is 0 Å². The quantitative estimate of drug-likeness (QED) is 0.724. The smallest absolute Gasteiger partial charge is 0.341 e. The monoisotopic (exact) mass is 385 g/mol. The van der Waals surface area contributed by atoms with Crippen molar-refractivity contribution in [1.29, 1.82) is 0 Å². The number of hydrogen-bond donors (Lipinski definition) is 2. The van der Waals surface area contributed by atoms with E-state index in [1.807, 2.05) is 4.90 Å². The summed E-state index contributed by atoms with van der Waals surface area (Å²) in [6.45, 7) is 2.60. The number of hydrogen-bond acceptors (Lipinski definition) is 4. The highest BCUT2D eigenvalue weighted by atomic mass is 19.1. The van der Waals surface area contributed by atoms with Crippen LogP contribution in [-0.2, 0) is 0 Å². The molecule has 4 rings (SSSR count). The van der Waals surface area contributed by atoms with Crippen LogP contribution in [0.25, 0.3) is 16.6 Å². The van der Waals surface area contributed by atoms with Gasteiger partial charge in [-0.05, 0) is 30.3 Å². The molecule has 8 heteroatoms. The van der Waals surface area contributed by atoms with Gasteiger partial charge in [0.05, 0.1) is 11.2 Å². The highest BCUT2D eigenvalue weighted by molar-refractivity contribution is 5.94. The van der Waals surface area contributed by atoms with Gasteiger partial charge in [0.25, 0.3) is 0 Å². The Morgan fingerprint density at radius 3 is 2.54 bits per heavy atom. The predicted octanol–water partition coefficient (Wildman–Crippen LogP) is 2.38. The van der Waals surface area contributed by atoms with E-state index in [0.29, 0.717) is 43.1 Å². The van der Waals surface area contributed by atoms with Crippen LogP contribution < -0.4 is 15.6 Å². The number of carbonyl (C=O) groups is 1. The number of aromatic carboxylic acids is 1. The number of carboxylic acids is 1. The number of anilines is 1. The average molecular weight is 385 g/mol. The number of rotatable bonds is 3. The fourth-order valence-corrected chi connectivity index (χ4v) is 3.47. The topological polar surface area (TPSA) is 74.6 Å². The molecule has 1 fully saturated rings. The number of nitrogens with one attached hydrogen (secondary N) is 1. The van der Waals surface area contributed by atoms with Crippen LogP contribution in [0.4, 0.5) is 14.5 Å². The molecule has 0 aliphatic carbocycles. The molecule has 28 heavy (non-hydrogen) atoms. The second-order valence-electron chi connectivity index (χ2n) is 6.58. The maximum Gasteiger partial charge on any atom is 0.341 e. The number of piperazine rings is 1. The minimum Gasteiger partial charge on any atom is -0.477 e. The first-order chi connectivity index (χ1) is 13.5. The second kappa shape index (κ2) is 7.05. The number of benzene rings is 2. The summed E-state index contributed by atoms with van der Waals surface area (Å²) >= 11 is 0. The first-order valence-corrected chi connectivity index (χ1v) is 8.79. The average Bonchev–Trinajstić information content (AvgIpc) is 2.68. The molecule has 0 spiro atoms. The Morgan fingerprint density at radius 2 is 1.86 bits per heavy atom. The van der Waals surface area contributed by atoms with Crippen molar-refractivity contribution in [1.82, 2.24) is 9.88 Å². The SMILES string of the molecule is O=C(O)c1cn(-c2cccc(F)c2)c2cc(N3CCNCC3)c(F)cc2c1=O. The van der Waals surface area contributed by atoms with Crippen molar-refractivity contribution in [2.75, 3.05) is 31.1 Å². The lowest BCUT2D eigenvalue weighted by atomic mass is 10.1. The Morgan fingerprint density at radius 1 is 1.11 bits per heavy atom. The van der Waals surface area contributed by atoms with Crippen molar-refractivity contribution >= 4 is 22.6 Å². The van der Waals surface area contributed by atoms with Crippen molar-refractivity contribution in [3.8, 4) is 5.69 Å². The van der Waals surface area contributed by atoms with Crippen molar-refractivity contribution < 1.29 is 18.7 Å². The van der Waals surface area contributed by atoms with E-state index in [1.165, 1.54) is 28.8 Å². The molecule has 0 unspecified atom stereocenters. The zero-order chi connectivity index (χ0) is 19.8. The molecule has 6 nitrogen and oxygen atoms in total. The van der Waals surface area contributed by atoms with E-state index in [-0.39, 0.29) is 5.39 Å². The number of nitrogens with zero attached hydrogens (tertiary/aromatic N) is 2. The van der Waals surface area contributed by atoms with E-state index < -0.39 is 28.6 Å². The molecule has 2 N–H and O–H groups in total. The van der Waals surface area contributed by atoms with Gasteiger partial charge in [-0.2, -0.15) is 0 Å². The van der Waals surface area contributed by atoms with Gasteiger partial charge in [0.15, 0.2) is 0 Å². The molecule has 0 saturated carbocycles. The standard InChI is InChI=1S/C20H17F2N3O3/c21-12-2-1-3-13(8-12)25-11-15(20(27)28)19(26)14-9-16(22)18(10-17(14)25)24-6-4-23-5-7-24/h1-3,8-11,23H,4-7H2,(H,27,28). The van der Waals surface area contributed by atoms with E-state index in [2.05, 4.69) is 5.32 Å². The molecule has 0 radical (unpaired) electrons. The largest absolute Gasteiger partial charge is 0.477 e. The Labute approximate surface area is 158 Å². The summed E-state index contributed by atoms with van der Waals surface area (Å²) in [6.07, 6.45) is 1.15. The van der Waals surface area contributed by atoms with E-state index in [9.17, 15) is 23.5 Å². The summed E-state index contributed by atoms with van der Waals surface area (Å²) in [4.78, 5) is 26.0. The number of pyridine rings is 1. The Kier molecular flexibility index (Phi) is 4.56. The Balaban J connectivity index is 2.03. The molecule has 2 aromatic carbocycles. The van der Waals surface area contributed by atoms with Gasteiger partial charge < -0.3 is 19.9 Å². The Hall–Kier alpha value is -3.26. The number of aromatic nitrogens is 1. The summed E-state index contributed by atoms with van der Waals surface area (Å²) in [5.41, 5.74) is -0.311. The molecular weight excluding hydrogens is 368 g/mol. The molecule has 144 valence electrons. The summed E-state index contributed by atoms with van der Waals surface area (Å²) in [7, 11) is 0. The summed E-state index contributed by atoms with van der Waals surface area (Å²) < 4.78 is 30.0. The van der Waals surface area contributed by atoms with Gasteiger partial charge in [-0.1, -0.05) is 6.07 Å². The van der Waals surface area contributed by atoms with E-state index in [4.69, 9.17) is 0 Å². The molecule has 0 atom stereocenters. The van der Waals surface area contributed by atoms with Gasteiger partial charge in [-0.15, -0.1) is 0 Å². The maximum absolute atomic E-state index is 14.8. The van der Waals surface area contributed by atoms with Crippen LogP contribution in [0.15, 0.2) is 47.4 Å². The number of fused-ring (bicyclic) bond motifs is 1. The molecule has 1 aliphatic rings. The maximum atomic E-state index is 14.8. The normalized spacial score (nSPS) is 14.4. The van der Waals surface area contributed by atoms with Crippen molar-refractivity contribution in [3.05, 3.63) is 70.0 Å². The first kappa shape index (κ1) is 18.1. The van der Waals surface area contributed by atoms with E-state index >= 15 is 0 Å². The molecule has 1 aromatic heterocycles. The zero-order valence-electron chi connectivity index (χ0n) is 14.8. The van der Waals surface area contributed by atoms with Gasteiger partial charge in [-0.25, -0.2) is 13.6 Å². The predicted molar refractivity (Wildman–Crippen MR) is 102 cm³/mol. The van der Waals surface area contributed by atoms with Crippen LogP contribution in [0.2, 0.25) is 0 Å². The molecule has 1 aliphatic heterocycles. The molecule has 1 saturated heterocycles. The van der Waals surface area contributed by atoms with Crippen LogP contribution in [-0.4, -0.2) is 41.8 Å². The Bertz CT molecular complexity index is 1140. The number of halogens is 2. The highest BCUT2D eigenvalue weighted by Gasteiger charge is 2.21. The third-order valence-corrected chi connectivity index (χ3v) is 4.85. The van der Waals surface area contributed by atoms with Crippen molar-refractivity contribution in [2.45, 2.75) is 0 Å². The van der Waals surface area contributed by atoms with E-state index in [0.717, 1.165) is 12.3 Å². The first-order valence-electron chi connectivity index (χ1n) is 8.79. The van der Waals surface area contributed by atoms with Crippen LogP contribution in [0.5, 0.6) is 0 Å². The molecular formula is C20H17F2N3O3. The lowest BCUT2D eigenvalue weighted by Crippen LogP contribution is -2.43. The summed E-state index contributed by atoms with van der Waals surface area (Å²) in [5.74, 6) is -2.53. The van der Waals surface area contributed by atoms with Crippen molar-refractivity contribution in [2.24, 2.45) is 0 Å². The minimum atomic E-state index is -1.43. The molecule has 0 bridgehead atoms. The third-order valence-electron chi connectivity index (χ3n) is 4.85.